The summed E-state index contributed by atoms with van der Waals surface area (Å²) in [6.45, 7) is 5.85. The van der Waals surface area contributed by atoms with Crippen molar-refractivity contribution in [3.8, 4) is 17.2 Å². The zero-order chi connectivity index (χ0) is 52.2. The molecule has 19 nitrogen and oxygen atoms in total. The largest absolute Gasteiger partial charge is 0.497 e. The number of rotatable bonds is 15. The van der Waals surface area contributed by atoms with E-state index in [2.05, 4.69) is 0 Å². The summed E-state index contributed by atoms with van der Waals surface area (Å²) in [6.07, 6.45) is 3.26. The Morgan fingerprint density at radius 1 is 0.575 bits per heavy atom. The molecule has 4 saturated heterocycles. The van der Waals surface area contributed by atoms with E-state index in [4.69, 9.17) is 23.7 Å². The van der Waals surface area contributed by atoms with Crippen LogP contribution in [0.3, 0.4) is 0 Å². The Morgan fingerprint density at radius 2 is 0.986 bits per heavy atom. The van der Waals surface area contributed by atoms with Crippen LogP contribution in [-0.4, -0.2) is 143 Å². The van der Waals surface area contributed by atoms with Crippen molar-refractivity contribution in [1.82, 2.24) is 20.8 Å². The summed E-state index contributed by atoms with van der Waals surface area (Å²) in [5.41, 5.74) is 5.45. The van der Waals surface area contributed by atoms with Gasteiger partial charge in [0, 0.05) is 69.7 Å². The number of amides is 4. The van der Waals surface area contributed by atoms with E-state index < -0.39 is 41.0 Å². The molecule has 4 heterocycles. The number of piperidine rings is 2. The smallest absolute Gasteiger partial charge is 0.265 e. The van der Waals surface area contributed by atoms with Crippen LogP contribution in [0, 0.1) is 18.8 Å². The van der Waals surface area contributed by atoms with E-state index in [1.807, 2.05) is 41.0 Å². The van der Waals surface area contributed by atoms with Crippen molar-refractivity contribution < 1.29 is 70.1 Å². The van der Waals surface area contributed by atoms with Crippen molar-refractivity contribution in [1.29, 1.82) is 0 Å². The first-order chi connectivity index (χ1) is 35.1. The average Bonchev–Trinajstić information content (AvgIpc) is 3.44. The lowest BCUT2D eigenvalue weighted by atomic mass is 9.97. The number of hydrogen-bond donors (Lipinski definition) is 4. The molecular formula is C52H64N4O15S2. The fraction of sp³-hybridized carbons (Fsp3) is 0.462. The van der Waals surface area contributed by atoms with Crippen LogP contribution in [0.25, 0.3) is 0 Å². The van der Waals surface area contributed by atoms with Crippen molar-refractivity contribution in [2.75, 3.05) is 72.9 Å². The molecule has 73 heavy (non-hydrogen) atoms. The molecule has 4 amide bonds. The van der Waals surface area contributed by atoms with Crippen molar-refractivity contribution in [2.45, 2.75) is 77.6 Å². The predicted molar refractivity (Wildman–Crippen MR) is 265 cm³/mol. The van der Waals surface area contributed by atoms with Crippen LogP contribution in [0.1, 0.15) is 77.6 Å². The molecule has 0 radical (unpaired) electrons. The first kappa shape index (κ1) is 54.7. The van der Waals surface area contributed by atoms with E-state index in [-0.39, 0.29) is 85.6 Å². The quantitative estimate of drug-likeness (QED) is 0.0881. The SMILES string of the molecule is COc1ccc(C(=O)N2CCC(COc3ccc(S(=O)(=O)C4(C(=O)NO)CCOCC4)cc3)CC2)cc1.Cc1ccc(C(=O)N2CCCC(COc3ccc(S(=O)(=O)C4(C(=O)NO)CCOCC4)cc3)C2)cc1. The Labute approximate surface area is 425 Å². The number of benzene rings is 4. The van der Waals surface area contributed by atoms with E-state index >= 15 is 0 Å². The Bertz CT molecular complexity index is 2740. The molecule has 1 atom stereocenters. The van der Waals surface area contributed by atoms with Gasteiger partial charge in [0.2, 0.25) is 0 Å². The number of ether oxygens (including phenoxy) is 5. The van der Waals surface area contributed by atoms with Gasteiger partial charge in [-0.2, -0.15) is 0 Å². The van der Waals surface area contributed by atoms with Crippen LogP contribution in [0.2, 0.25) is 0 Å². The molecule has 4 aromatic carbocycles. The van der Waals surface area contributed by atoms with Crippen LogP contribution in [-0.2, 0) is 38.7 Å². The molecule has 0 aromatic heterocycles. The summed E-state index contributed by atoms with van der Waals surface area (Å²) in [5.74, 6) is 0.265. The molecule has 394 valence electrons. The standard InChI is InChI=1S/C26H32N2O8S.C26H32N2O7S/c1-34-21-4-2-20(3-5-21)24(29)28-14-10-19(11-15-28)18-36-22-6-8-23(9-7-22)37(32,33)26(25(30)27-31)12-16-35-17-13-26;1-19-4-6-21(7-5-19)24(29)28-14-2-3-20(17-28)18-35-22-8-10-23(11-9-22)36(32,33)26(25(30)27-31)12-15-34-16-13-26/h2-9,19,31H,10-18H2,1H3,(H,27,30);4-11,20,31H,2-3,12-18H2,1H3,(H,27,30). The van der Waals surface area contributed by atoms with E-state index in [0.29, 0.717) is 67.8 Å². The maximum atomic E-state index is 13.4. The molecule has 0 saturated carbocycles. The van der Waals surface area contributed by atoms with Gasteiger partial charge in [-0.15, -0.1) is 0 Å². The van der Waals surface area contributed by atoms with E-state index in [0.717, 1.165) is 31.2 Å². The monoisotopic (exact) mass is 1050 g/mol. The van der Waals surface area contributed by atoms with Crippen molar-refractivity contribution in [2.24, 2.45) is 11.8 Å². The van der Waals surface area contributed by atoms with Crippen LogP contribution >= 0.6 is 0 Å². The van der Waals surface area contributed by atoms with Crippen LogP contribution in [0.4, 0.5) is 0 Å². The Balaban J connectivity index is 0.000000214. The molecule has 0 aliphatic carbocycles. The van der Waals surface area contributed by atoms with Gasteiger partial charge < -0.3 is 33.5 Å². The summed E-state index contributed by atoms with van der Waals surface area (Å²) in [7, 11) is -6.58. The fourth-order valence-electron chi connectivity index (χ4n) is 9.63. The highest BCUT2D eigenvalue weighted by molar-refractivity contribution is 7.94. The fourth-order valence-corrected chi connectivity index (χ4v) is 13.5. The zero-order valence-corrected chi connectivity index (χ0v) is 42.7. The third kappa shape index (κ3) is 12.3. The molecule has 8 rings (SSSR count). The van der Waals surface area contributed by atoms with Gasteiger partial charge in [0.15, 0.2) is 29.2 Å². The van der Waals surface area contributed by atoms with Crippen LogP contribution < -0.4 is 25.2 Å². The lowest BCUT2D eigenvalue weighted by Gasteiger charge is -2.34. The van der Waals surface area contributed by atoms with Crippen LogP contribution in [0.15, 0.2) is 107 Å². The third-order valence-corrected chi connectivity index (χ3v) is 19.3. The van der Waals surface area contributed by atoms with Gasteiger partial charge in [-0.3, -0.25) is 29.6 Å². The molecule has 21 heteroatoms. The van der Waals surface area contributed by atoms with Crippen LogP contribution in [0.5, 0.6) is 17.2 Å². The number of sulfone groups is 2. The summed E-state index contributed by atoms with van der Waals surface area (Å²) in [6, 6.07) is 26.6. The molecule has 0 spiro atoms. The topological polar surface area (TPSA) is 254 Å². The second-order valence-corrected chi connectivity index (χ2v) is 23.3. The van der Waals surface area contributed by atoms with Gasteiger partial charge in [0.25, 0.3) is 23.6 Å². The highest BCUT2D eigenvalue weighted by Gasteiger charge is 2.53. The van der Waals surface area contributed by atoms with Gasteiger partial charge in [-0.05, 0) is 149 Å². The normalized spacial score (nSPS) is 19.0. The average molecular weight is 1050 g/mol. The number of likely N-dealkylation sites (tertiary alicyclic amines) is 2. The minimum Gasteiger partial charge on any atom is -0.497 e. The maximum Gasteiger partial charge on any atom is 0.265 e. The van der Waals surface area contributed by atoms with Gasteiger partial charge in [-0.25, -0.2) is 27.8 Å². The first-order valence-electron chi connectivity index (χ1n) is 24.4. The van der Waals surface area contributed by atoms with Gasteiger partial charge in [0.05, 0.1) is 30.1 Å². The molecule has 4 aliphatic heterocycles. The Hall–Kier alpha value is -6.10. The minimum atomic E-state index is -4.08. The molecule has 4 N–H and O–H groups in total. The van der Waals surface area contributed by atoms with Gasteiger partial charge >= 0.3 is 0 Å². The lowest BCUT2D eigenvalue weighted by Crippen LogP contribution is -2.54. The number of carbonyl (C=O) groups excluding carboxylic acids is 4. The van der Waals surface area contributed by atoms with E-state index in [9.17, 15) is 46.4 Å². The number of aryl methyl sites for hydroxylation is 1. The van der Waals surface area contributed by atoms with Crippen molar-refractivity contribution in [3.63, 3.8) is 0 Å². The molecule has 4 aromatic rings. The summed E-state index contributed by atoms with van der Waals surface area (Å²) in [5, 5.41) is 18.4. The highest BCUT2D eigenvalue weighted by atomic mass is 32.2. The van der Waals surface area contributed by atoms with E-state index in [1.165, 1.54) is 35.2 Å². The zero-order valence-electron chi connectivity index (χ0n) is 41.0. The summed E-state index contributed by atoms with van der Waals surface area (Å²) in [4.78, 5) is 54.0. The second-order valence-electron chi connectivity index (χ2n) is 18.8. The maximum absolute atomic E-state index is 13.4. The first-order valence-corrected chi connectivity index (χ1v) is 27.3. The van der Waals surface area contributed by atoms with E-state index in [1.54, 1.807) is 55.6 Å². The van der Waals surface area contributed by atoms with Gasteiger partial charge in [-0.1, -0.05) is 17.7 Å². The second kappa shape index (κ2) is 24.3. The molecule has 4 fully saturated rings. The highest BCUT2D eigenvalue weighted by Crippen LogP contribution is 2.38. The number of nitrogens with one attached hydrogen (secondary N) is 2. The number of nitrogens with zero attached hydrogens (tertiary/aromatic N) is 2. The third-order valence-electron chi connectivity index (χ3n) is 14.2. The molecule has 0 bridgehead atoms. The molecular weight excluding hydrogens is 985 g/mol. The Morgan fingerprint density at radius 3 is 1.42 bits per heavy atom. The summed E-state index contributed by atoms with van der Waals surface area (Å²) >= 11 is 0. The molecule has 1 unspecified atom stereocenters. The number of hydrogen-bond acceptors (Lipinski definition) is 15. The predicted octanol–water partition coefficient (Wildman–Crippen LogP) is 5.21. The lowest BCUT2D eigenvalue weighted by molar-refractivity contribution is -0.135. The van der Waals surface area contributed by atoms with Gasteiger partial charge in [0.1, 0.15) is 17.2 Å². The Kier molecular flexibility index (Phi) is 18.2. The summed E-state index contributed by atoms with van der Waals surface area (Å²) < 4.78 is 77.3. The van der Waals surface area contributed by atoms with Crippen molar-refractivity contribution in [3.05, 3.63) is 114 Å². The van der Waals surface area contributed by atoms with Crippen molar-refractivity contribution >= 4 is 43.3 Å². The number of hydroxylamine groups is 2. The number of carbonyl (C=O) groups is 4. The minimum absolute atomic E-state index is 0.00370. The number of methoxy groups -OCH3 is 1. The molecule has 4 aliphatic rings.